The molecule has 0 aromatic rings. The van der Waals surface area contributed by atoms with Gasteiger partial charge in [0.2, 0.25) is 0 Å². The highest BCUT2D eigenvalue weighted by molar-refractivity contribution is 5.78. The Morgan fingerprint density at radius 1 is 0.941 bits per heavy atom. The minimum absolute atomic E-state index is 0.428. The Balaban J connectivity index is 1.37. The van der Waals surface area contributed by atoms with E-state index in [9.17, 15) is 4.79 Å². The number of Topliss-reactive ketones (excluding diaryl/α,β-unsaturated/α-hetero) is 1. The maximum Gasteiger partial charge on any atom is 0.133 e. The Labute approximate surface area is 212 Å². The van der Waals surface area contributed by atoms with Gasteiger partial charge in [0.1, 0.15) is 5.78 Å². The topological polar surface area (TPSA) is 17.1 Å². The van der Waals surface area contributed by atoms with Gasteiger partial charge in [-0.3, -0.25) is 4.79 Å². The molecule has 1 heteroatoms. The van der Waals surface area contributed by atoms with Crippen molar-refractivity contribution in [3.8, 4) is 0 Å². The zero-order valence-electron chi connectivity index (χ0n) is 23.6. The van der Waals surface area contributed by atoms with E-state index in [1.165, 1.54) is 77.0 Å². The summed E-state index contributed by atoms with van der Waals surface area (Å²) in [7, 11) is 0. The van der Waals surface area contributed by atoms with Crippen molar-refractivity contribution in [2.75, 3.05) is 0 Å². The van der Waals surface area contributed by atoms with Crippen molar-refractivity contribution in [2.24, 2.45) is 52.3 Å². The van der Waals surface area contributed by atoms with Gasteiger partial charge in [-0.1, -0.05) is 72.5 Å². The van der Waals surface area contributed by atoms with Crippen molar-refractivity contribution < 1.29 is 4.79 Å². The minimum atomic E-state index is 0.428. The molecular formula is C33H56O. The highest BCUT2D eigenvalue weighted by Crippen LogP contribution is 2.67. The molecule has 0 spiro atoms. The van der Waals surface area contributed by atoms with Crippen molar-refractivity contribution in [3.05, 3.63) is 11.6 Å². The summed E-state index contributed by atoms with van der Waals surface area (Å²) < 4.78 is 0. The van der Waals surface area contributed by atoms with Crippen molar-refractivity contribution in [2.45, 2.75) is 138 Å². The summed E-state index contributed by atoms with van der Waals surface area (Å²) >= 11 is 0. The van der Waals surface area contributed by atoms with Crippen LogP contribution in [0.5, 0.6) is 0 Å². The van der Waals surface area contributed by atoms with E-state index in [1.807, 2.05) is 0 Å². The number of allylic oxidation sites excluding steroid dienone is 2. The fourth-order valence-electron chi connectivity index (χ4n) is 9.31. The van der Waals surface area contributed by atoms with Gasteiger partial charge in [0, 0.05) is 12.8 Å². The molecule has 0 heterocycles. The largest absolute Gasteiger partial charge is 0.300 e. The molecule has 0 aromatic heterocycles. The molecular weight excluding hydrogens is 412 g/mol. The fourth-order valence-corrected chi connectivity index (χ4v) is 9.31. The average molecular weight is 469 g/mol. The summed E-state index contributed by atoms with van der Waals surface area (Å²) in [6, 6.07) is 0. The molecule has 7 atom stereocenters. The molecule has 0 bridgehead atoms. The molecule has 1 nitrogen and oxygen atoms in total. The van der Waals surface area contributed by atoms with E-state index in [2.05, 4.69) is 47.6 Å². The van der Waals surface area contributed by atoms with Gasteiger partial charge in [-0.25, -0.2) is 0 Å². The predicted molar refractivity (Wildman–Crippen MR) is 146 cm³/mol. The van der Waals surface area contributed by atoms with Crippen LogP contribution in [0.1, 0.15) is 138 Å². The summed E-state index contributed by atoms with van der Waals surface area (Å²) in [5, 5.41) is 0. The zero-order valence-corrected chi connectivity index (χ0v) is 23.6. The van der Waals surface area contributed by atoms with Gasteiger partial charge in [0.05, 0.1) is 0 Å². The molecule has 4 aliphatic rings. The Morgan fingerprint density at radius 2 is 1.71 bits per heavy atom. The van der Waals surface area contributed by atoms with Gasteiger partial charge in [0.25, 0.3) is 0 Å². The van der Waals surface area contributed by atoms with Crippen LogP contribution in [0.2, 0.25) is 0 Å². The Bertz CT molecular complexity index is 731. The molecule has 7 unspecified atom stereocenters. The Hall–Kier alpha value is -0.590. The number of hydrogen-bond donors (Lipinski definition) is 0. The molecule has 0 aliphatic heterocycles. The van der Waals surface area contributed by atoms with Gasteiger partial charge in [-0.05, 0) is 116 Å². The molecule has 4 rings (SSSR count). The van der Waals surface area contributed by atoms with Crippen LogP contribution in [0.15, 0.2) is 11.6 Å². The quantitative estimate of drug-likeness (QED) is 0.230. The third-order valence-corrected chi connectivity index (χ3v) is 11.5. The third kappa shape index (κ3) is 5.39. The standard InChI is InChI=1S/C33H56O/c1-23(2)9-7-8-10-26-13-16-30-29-15-12-27-21-25(22-28(34)14-11-24(3)4)17-19-33(27,6)31(29)18-20-32(26,30)5/h12,23-26,29-31H,7-11,13-22H2,1-6H3. The molecule has 0 amide bonds. The number of rotatable bonds is 10. The van der Waals surface area contributed by atoms with Gasteiger partial charge < -0.3 is 0 Å². The Morgan fingerprint density at radius 3 is 2.44 bits per heavy atom. The molecule has 34 heavy (non-hydrogen) atoms. The molecule has 3 saturated carbocycles. The predicted octanol–water partition coefficient (Wildman–Crippen LogP) is 9.79. The first-order chi connectivity index (χ1) is 16.1. The highest BCUT2D eigenvalue weighted by Gasteiger charge is 2.58. The van der Waals surface area contributed by atoms with E-state index in [-0.39, 0.29) is 0 Å². The van der Waals surface area contributed by atoms with Gasteiger partial charge in [-0.15, -0.1) is 0 Å². The monoisotopic (exact) mass is 468 g/mol. The maximum absolute atomic E-state index is 12.6. The molecule has 194 valence electrons. The van der Waals surface area contributed by atoms with Crippen molar-refractivity contribution in [1.29, 1.82) is 0 Å². The molecule has 0 radical (unpaired) electrons. The maximum atomic E-state index is 12.6. The Kier molecular flexibility index (Phi) is 8.41. The fraction of sp³-hybridized carbons (Fsp3) is 0.909. The zero-order chi connectivity index (χ0) is 24.5. The second-order valence-corrected chi connectivity index (χ2v) is 14.5. The molecule has 0 aromatic carbocycles. The summed E-state index contributed by atoms with van der Waals surface area (Å²) in [5.41, 5.74) is 2.80. The molecule has 3 fully saturated rings. The SMILES string of the molecule is CC(C)CCCCC1CCC2C3CC=C4CC(CC(=O)CCC(C)C)CCC4(C)C3CCC12C. The van der Waals surface area contributed by atoms with E-state index < -0.39 is 0 Å². The number of hydrogen-bond acceptors (Lipinski definition) is 1. The van der Waals surface area contributed by atoms with Gasteiger partial charge in [0.15, 0.2) is 0 Å². The molecule has 0 N–H and O–H groups in total. The molecule has 0 saturated heterocycles. The van der Waals surface area contributed by atoms with E-state index in [0.717, 1.165) is 48.9 Å². The number of carbonyl (C=O) groups is 1. The van der Waals surface area contributed by atoms with Gasteiger partial charge >= 0.3 is 0 Å². The van der Waals surface area contributed by atoms with Crippen LogP contribution in [-0.2, 0) is 4.79 Å². The van der Waals surface area contributed by atoms with E-state index in [1.54, 1.807) is 5.57 Å². The second-order valence-electron chi connectivity index (χ2n) is 14.5. The number of unbranched alkanes of at least 4 members (excludes halogenated alkanes) is 1. The first-order valence-corrected chi connectivity index (χ1v) is 15.3. The summed E-state index contributed by atoms with van der Waals surface area (Å²) in [6.45, 7) is 14.5. The van der Waals surface area contributed by atoms with E-state index in [0.29, 0.717) is 28.4 Å². The van der Waals surface area contributed by atoms with Crippen molar-refractivity contribution in [3.63, 3.8) is 0 Å². The summed E-state index contributed by atoms with van der Waals surface area (Å²) in [6.07, 6.45) is 22.3. The van der Waals surface area contributed by atoms with Crippen LogP contribution in [-0.4, -0.2) is 5.78 Å². The van der Waals surface area contributed by atoms with Crippen LogP contribution in [0.3, 0.4) is 0 Å². The van der Waals surface area contributed by atoms with Gasteiger partial charge in [-0.2, -0.15) is 0 Å². The van der Waals surface area contributed by atoms with Crippen LogP contribution in [0.4, 0.5) is 0 Å². The first kappa shape index (κ1) is 26.5. The third-order valence-electron chi connectivity index (χ3n) is 11.5. The van der Waals surface area contributed by atoms with Crippen LogP contribution in [0.25, 0.3) is 0 Å². The molecule has 4 aliphatic carbocycles. The number of fused-ring (bicyclic) bond motifs is 5. The number of ketones is 1. The van der Waals surface area contributed by atoms with E-state index >= 15 is 0 Å². The smallest absolute Gasteiger partial charge is 0.133 e. The second kappa shape index (κ2) is 10.8. The lowest BCUT2D eigenvalue weighted by Gasteiger charge is -2.58. The summed E-state index contributed by atoms with van der Waals surface area (Å²) in [5.74, 6) is 6.42. The summed E-state index contributed by atoms with van der Waals surface area (Å²) in [4.78, 5) is 12.6. The lowest BCUT2D eigenvalue weighted by Crippen LogP contribution is -2.50. The normalized spacial score (nSPS) is 39.5. The van der Waals surface area contributed by atoms with Crippen molar-refractivity contribution >= 4 is 5.78 Å². The van der Waals surface area contributed by atoms with Crippen LogP contribution >= 0.6 is 0 Å². The van der Waals surface area contributed by atoms with Crippen LogP contribution in [0, 0.1) is 52.3 Å². The average Bonchev–Trinajstić information content (AvgIpc) is 3.11. The highest BCUT2D eigenvalue weighted by atomic mass is 16.1. The minimum Gasteiger partial charge on any atom is -0.300 e. The van der Waals surface area contributed by atoms with Crippen molar-refractivity contribution in [1.82, 2.24) is 0 Å². The number of carbonyl (C=O) groups excluding carboxylic acids is 1. The van der Waals surface area contributed by atoms with E-state index in [4.69, 9.17) is 0 Å². The first-order valence-electron chi connectivity index (χ1n) is 15.3. The lowest BCUT2D eigenvalue weighted by atomic mass is 9.46. The van der Waals surface area contributed by atoms with Crippen LogP contribution < -0.4 is 0 Å². The lowest BCUT2D eigenvalue weighted by molar-refractivity contribution is -0.120.